The van der Waals surface area contributed by atoms with Crippen LogP contribution in [-0.2, 0) is 16.1 Å². The Morgan fingerprint density at radius 1 is 1.23 bits per heavy atom. The second-order valence-electron chi connectivity index (χ2n) is 6.34. The Kier molecular flexibility index (Phi) is 5.78. The van der Waals surface area contributed by atoms with E-state index in [0.717, 1.165) is 17.5 Å². The van der Waals surface area contributed by atoms with Crippen LogP contribution in [0.1, 0.15) is 24.0 Å². The standard InChI is InChI=1S/C20H21ClN2O3/c1-14-12-16(21)9-10-17(14)22-19(24)18-8-5-11-23(18)20(25)26-13-15-6-3-2-4-7-15/h2-4,6-7,9-10,12,18H,5,8,11,13H2,1H3,(H,22,24)/t18-/m0/s1. The molecule has 1 N–H and O–H groups in total. The average Bonchev–Trinajstić information content (AvgIpc) is 3.13. The molecule has 6 heteroatoms. The van der Waals surface area contributed by atoms with Gasteiger partial charge in [0.15, 0.2) is 0 Å². The van der Waals surface area contributed by atoms with Crippen LogP contribution in [0.4, 0.5) is 10.5 Å². The monoisotopic (exact) mass is 372 g/mol. The van der Waals surface area contributed by atoms with Crippen LogP contribution in [0, 0.1) is 6.92 Å². The molecule has 2 amide bonds. The van der Waals surface area contributed by atoms with Gasteiger partial charge < -0.3 is 10.1 Å². The van der Waals surface area contributed by atoms with Gasteiger partial charge in [-0.1, -0.05) is 41.9 Å². The average molecular weight is 373 g/mol. The number of benzene rings is 2. The fraction of sp³-hybridized carbons (Fsp3) is 0.300. The number of rotatable bonds is 4. The van der Waals surface area contributed by atoms with E-state index in [1.807, 2.05) is 37.3 Å². The van der Waals surface area contributed by atoms with Crippen LogP contribution >= 0.6 is 11.6 Å². The molecule has 0 bridgehead atoms. The molecule has 1 aliphatic heterocycles. The SMILES string of the molecule is Cc1cc(Cl)ccc1NC(=O)[C@@H]1CCCN1C(=O)OCc1ccccc1. The zero-order valence-electron chi connectivity index (χ0n) is 14.6. The van der Waals surface area contributed by atoms with Crippen LogP contribution < -0.4 is 5.32 Å². The number of halogens is 1. The van der Waals surface area contributed by atoms with Gasteiger partial charge in [-0.3, -0.25) is 9.69 Å². The van der Waals surface area contributed by atoms with Crippen molar-refractivity contribution in [3.8, 4) is 0 Å². The van der Waals surface area contributed by atoms with Gasteiger partial charge >= 0.3 is 6.09 Å². The topological polar surface area (TPSA) is 58.6 Å². The fourth-order valence-electron chi connectivity index (χ4n) is 3.04. The summed E-state index contributed by atoms with van der Waals surface area (Å²) < 4.78 is 5.37. The first-order valence-corrected chi connectivity index (χ1v) is 8.97. The lowest BCUT2D eigenvalue weighted by atomic mass is 10.1. The van der Waals surface area contributed by atoms with Crippen molar-refractivity contribution < 1.29 is 14.3 Å². The molecule has 1 saturated heterocycles. The maximum atomic E-state index is 12.6. The van der Waals surface area contributed by atoms with Crippen LogP contribution in [0.15, 0.2) is 48.5 Å². The Hall–Kier alpha value is -2.53. The first kappa shape index (κ1) is 18.3. The lowest BCUT2D eigenvalue weighted by molar-refractivity contribution is -0.120. The van der Waals surface area contributed by atoms with Crippen molar-refractivity contribution in [2.45, 2.75) is 32.4 Å². The van der Waals surface area contributed by atoms with Gasteiger partial charge in [-0.15, -0.1) is 0 Å². The minimum atomic E-state index is -0.520. The first-order valence-electron chi connectivity index (χ1n) is 8.59. The second-order valence-corrected chi connectivity index (χ2v) is 6.78. The predicted octanol–water partition coefficient (Wildman–Crippen LogP) is 4.39. The molecule has 0 radical (unpaired) electrons. The van der Waals surface area contributed by atoms with Crippen molar-refractivity contribution in [2.24, 2.45) is 0 Å². The molecule has 2 aromatic rings. The van der Waals surface area contributed by atoms with Gasteiger partial charge in [0, 0.05) is 17.3 Å². The third-order valence-electron chi connectivity index (χ3n) is 4.44. The predicted molar refractivity (Wildman–Crippen MR) is 101 cm³/mol. The summed E-state index contributed by atoms with van der Waals surface area (Å²) in [6.45, 7) is 2.59. The highest BCUT2D eigenvalue weighted by molar-refractivity contribution is 6.30. The van der Waals surface area contributed by atoms with E-state index >= 15 is 0 Å². The van der Waals surface area contributed by atoms with Crippen molar-refractivity contribution in [2.75, 3.05) is 11.9 Å². The number of amides is 2. The Labute approximate surface area is 157 Å². The van der Waals surface area contributed by atoms with Crippen molar-refractivity contribution in [3.63, 3.8) is 0 Å². The van der Waals surface area contributed by atoms with Crippen molar-refractivity contribution >= 4 is 29.3 Å². The highest BCUT2D eigenvalue weighted by atomic mass is 35.5. The van der Waals surface area contributed by atoms with E-state index in [0.29, 0.717) is 23.7 Å². The van der Waals surface area contributed by atoms with E-state index in [2.05, 4.69) is 5.32 Å². The molecule has 0 spiro atoms. The first-order chi connectivity index (χ1) is 12.5. The summed E-state index contributed by atoms with van der Waals surface area (Å²) in [5, 5.41) is 3.51. The van der Waals surface area contributed by atoms with Crippen molar-refractivity contribution in [1.29, 1.82) is 0 Å². The lowest BCUT2D eigenvalue weighted by Gasteiger charge is -2.23. The number of anilines is 1. The molecule has 1 atom stereocenters. The number of carbonyl (C=O) groups excluding carboxylic acids is 2. The van der Waals surface area contributed by atoms with E-state index < -0.39 is 12.1 Å². The Morgan fingerprint density at radius 3 is 2.73 bits per heavy atom. The Morgan fingerprint density at radius 2 is 2.00 bits per heavy atom. The number of nitrogens with zero attached hydrogens (tertiary/aromatic N) is 1. The molecule has 26 heavy (non-hydrogen) atoms. The number of nitrogens with one attached hydrogen (secondary N) is 1. The molecule has 1 aliphatic rings. The van der Waals surface area contributed by atoms with Crippen LogP contribution in [0.3, 0.4) is 0 Å². The smallest absolute Gasteiger partial charge is 0.410 e. The van der Waals surface area contributed by atoms with E-state index in [9.17, 15) is 9.59 Å². The number of carbonyl (C=O) groups is 2. The van der Waals surface area contributed by atoms with Crippen LogP contribution in [0.2, 0.25) is 5.02 Å². The number of likely N-dealkylation sites (tertiary alicyclic amines) is 1. The van der Waals surface area contributed by atoms with Gasteiger partial charge in [-0.05, 0) is 49.1 Å². The molecule has 0 unspecified atom stereocenters. The number of aryl methyl sites for hydroxylation is 1. The van der Waals surface area contributed by atoms with E-state index in [4.69, 9.17) is 16.3 Å². The second kappa shape index (κ2) is 8.23. The minimum absolute atomic E-state index is 0.195. The quantitative estimate of drug-likeness (QED) is 0.865. The summed E-state index contributed by atoms with van der Waals surface area (Å²) in [4.78, 5) is 26.6. The molecule has 136 valence electrons. The highest BCUT2D eigenvalue weighted by Crippen LogP contribution is 2.23. The summed E-state index contributed by atoms with van der Waals surface area (Å²) in [7, 11) is 0. The fourth-order valence-corrected chi connectivity index (χ4v) is 3.27. The molecule has 1 heterocycles. The minimum Gasteiger partial charge on any atom is -0.445 e. The summed E-state index contributed by atoms with van der Waals surface area (Å²) in [5.41, 5.74) is 2.49. The van der Waals surface area contributed by atoms with Crippen LogP contribution in [0.5, 0.6) is 0 Å². The number of hydrogen-bond donors (Lipinski definition) is 1. The van der Waals surface area contributed by atoms with Gasteiger partial charge in [-0.25, -0.2) is 4.79 Å². The normalized spacial score (nSPS) is 16.4. The van der Waals surface area contributed by atoms with Crippen molar-refractivity contribution in [1.82, 2.24) is 4.90 Å². The molecule has 0 saturated carbocycles. The van der Waals surface area contributed by atoms with Crippen LogP contribution in [-0.4, -0.2) is 29.5 Å². The number of hydrogen-bond acceptors (Lipinski definition) is 3. The Bertz CT molecular complexity index is 795. The van der Waals surface area contributed by atoms with E-state index in [1.165, 1.54) is 4.90 Å². The van der Waals surface area contributed by atoms with Gasteiger partial charge in [0.2, 0.25) is 5.91 Å². The third-order valence-corrected chi connectivity index (χ3v) is 4.68. The largest absolute Gasteiger partial charge is 0.445 e. The zero-order chi connectivity index (χ0) is 18.5. The molecule has 2 aromatic carbocycles. The molecular weight excluding hydrogens is 352 g/mol. The summed E-state index contributed by atoms with van der Waals surface area (Å²) in [6, 6.07) is 14.2. The van der Waals surface area contributed by atoms with Gasteiger partial charge in [0.25, 0.3) is 0 Å². The molecular formula is C20H21ClN2O3. The summed E-state index contributed by atoms with van der Waals surface area (Å²) in [6.07, 6.45) is 0.941. The molecule has 0 aromatic heterocycles. The van der Waals surface area contributed by atoms with Crippen molar-refractivity contribution in [3.05, 3.63) is 64.7 Å². The maximum absolute atomic E-state index is 12.6. The van der Waals surface area contributed by atoms with Gasteiger partial charge in [-0.2, -0.15) is 0 Å². The lowest BCUT2D eigenvalue weighted by Crippen LogP contribution is -2.43. The maximum Gasteiger partial charge on any atom is 0.410 e. The summed E-state index contributed by atoms with van der Waals surface area (Å²) >= 11 is 5.95. The molecule has 5 nitrogen and oxygen atoms in total. The van der Waals surface area contributed by atoms with Crippen LogP contribution in [0.25, 0.3) is 0 Å². The number of ether oxygens (including phenoxy) is 1. The van der Waals surface area contributed by atoms with E-state index in [-0.39, 0.29) is 12.5 Å². The van der Waals surface area contributed by atoms with Gasteiger partial charge in [0.05, 0.1) is 0 Å². The van der Waals surface area contributed by atoms with Gasteiger partial charge in [0.1, 0.15) is 12.6 Å². The van der Waals surface area contributed by atoms with E-state index in [1.54, 1.807) is 18.2 Å². The summed E-state index contributed by atoms with van der Waals surface area (Å²) in [5.74, 6) is -0.204. The molecule has 0 aliphatic carbocycles. The third kappa shape index (κ3) is 4.35. The highest BCUT2D eigenvalue weighted by Gasteiger charge is 2.35. The zero-order valence-corrected chi connectivity index (χ0v) is 15.3. The Balaban J connectivity index is 1.61. The molecule has 1 fully saturated rings. The molecule has 3 rings (SSSR count).